The van der Waals surface area contributed by atoms with Crippen LogP contribution in [-0.2, 0) is 12.6 Å². The second kappa shape index (κ2) is 10.2. The monoisotopic (exact) mass is 504 g/mol. The van der Waals surface area contributed by atoms with E-state index < -0.39 is 11.7 Å². The molecule has 1 atom stereocenters. The molecule has 3 N–H and O–H groups in total. The summed E-state index contributed by atoms with van der Waals surface area (Å²) >= 11 is 1.49. The number of anilines is 2. The fraction of sp³-hybridized carbons (Fsp3) is 0.556. The van der Waals surface area contributed by atoms with E-state index >= 15 is 0 Å². The number of hydrogen-bond acceptors (Lipinski definition) is 5. The number of fused-ring (bicyclic) bond motifs is 2. The predicted molar refractivity (Wildman–Crippen MR) is 138 cm³/mol. The third-order valence-electron chi connectivity index (χ3n) is 7.70. The molecule has 2 saturated heterocycles. The van der Waals surface area contributed by atoms with Crippen LogP contribution >= 0.6 is 11.8 Å². The third-order valence-corrected chi connectivity index (χ3v) is 8.89. The second-order valence-electron chi connectivity index (χ2n) is 10.2. The zero-order valence-electron chi connectivity index (χ0n) is 20.3. The Morgan fingerprint density at radius 3 is 2.54 bits per heavy atom. The zero-order chi connectivity index (χ0) is 24.6. The highest BCUT2D eigenvalue weighted by atomic mass is 32.2. The topological polar surface area (TPSA) is 44.5 Å². The van der Waals surface area contributed by atoms with E-state index in [2.05, 4.69) is 40.2 Å². The minimum absolute atomic E-state index is 0.172. The van der Waals surface area contributed by atoms with Crippen LogP contribution in [0.3, 0.4) is 0 Å². The number of alkyl halides is 3. The third kappa shape index (κ3) is 5.44. The molecule has 4 nitrogen and oxygen atoms in total. The maximum Gasteiger partial charge on any atom is 0.416 e. The van der Waals surface area contributed by atoms with Gasteiger partial charge >= 0.3 is 6.18 Å². The fourth-order valence-electron chi connectivity index (χ4n) is 5.67. The Morgan fingerprint density at radius 2 is 1.83 bits per heavy atom. The van der Waals surface area contributed by atoms with Gasteiger partial charge in [-0.25, -0.2) is 0 Å². The van der Waals surface area contributed by atoms with Gasteiger partial charge in [0.1, 0.15) is 0 Å². The number of hydrogen-bond donors (Lipinski definition) is 2. The lowest BCUT2D eigenvalue weighted by Crippen LogP contribution is -2.41. The Balaban J connectivity index is 1.41. The lowest BCUT2D eigenvalue weighted by molar-refractivity contribution is -0.137. The molecular formula is C27H35F3N4S. The van der Waals surface area contributed by atoms with Crippen molar-refractivity contribution in [2.75, 3.05) is 42.9 Å². The molecule has 35 heavy (non-hydrogen) atoms. The summed E-state index contributed by atoms with van der Waals surface area (Å²) in [5.74, 6) is 0. The van der Waals surface area contributed by atoms with Crippen LogP contribution in [0.4, 0.5) is 24.5 Å². The Morgan fingerprint density at radius 1 is 1.03 bits per heavy atom. The molecular weight excluding hydrogens is 469 g/mol. The molecule has 0 aromatic heterocycles. The molecule has 8 heteroatoms. The summed E-state index contributed by atoms with van der Waals surface area (Å²) < 4.78 is 41.5. The van der Waals surface area contributed by atoms with Crippen molar-refractivity contribution in [2.45, 2.75) is 73.5 Å². The first-order valence-electron chi connectivity index (χ1n) is 12.8. The lowest BCUT2D eigenvalue weighted by atomic mass is 9.97. The number of benzene rings is 2. The van der Waals surface area contributed by atoms with Crippen molar-refractivity contribution in [1.82, 2.24) is 4.90 Å². The summed E-state index contributed by atoms with van der Waals surface area (Å²) in [4.78, 5) is 6.57. The molecule has 5 rings (SSSR count). The standard InChI is InChI=1S/C27H35F3N4S/c1-18-4-2-3-10-34(18)22-6-5-19-14-23-24(32-21-7-11-33(12-8-21)13-9-31)15-20(27(28,29)30)16-26(23)35-25(19)17-22/h5-6,15-18,21,32H,2-4,7-14,31H2,1H3. The van der Waals surface area contributed by atoms with Crippen LogP contribution in [0, 0.1) is 0 Å². The lowest BCUT2D eigenvalue weighted by Gasteiger charge is -2.36. The Labute approximate surface area is 210 Å². The van der Waals surface area contributed by atoms with E-state index in [0.717, 1.165) is 54.4 Å². The molecule has 0 spiro atoms. The summed E-state index contributed by atoms with van der Waals surface area (Å²) in [6, 6.07) is 9.88. The van der Waals surface area contributed by atoms with Crippen LogP contribution in [-0.4, -0.2) is 49.7 Å². The molecule has 0 saturated carbocycles. The van der Waals surface area contributed by atoms with Crippen LogP contribution < -0.4 is 16.0 Å². The average molecular weight is 505 g/mol. The number of nitrogens with zero attached hydrogens (tertiary/aromatic N) is 2. The van der Waals surface area contributed by atoms with Crippen molar-refractivity contribution in [3.8, 4) is 0 Å². The number of halogens is 3. The highest BCUT2D eigenvalue weighted by Crippen LogP contribution is 2.47. The average Bonchev–Trinajstić information content (AvgIpc) is 2.83. The van der Waals surface area contributed by atoms with Gasteiger partial charge < -0.3 is 20.9 Å². The fourth-order valence-corrected chi connectivity index (χ4v) is 6.85. The molecule has 190 valence electrons. The highest BCUT2D eigenvalue weighted by molar-refractivity contribution is 7.99. The summed E-state index contributed by atoms with van der Waals surface area (Å²) in [6.45, 7) is 6.65. The number of rotatable bonds is 5. The SMILES string of the molecule is CC1CCCCN1c1ccc2c(c1)Sc1cc(C(F)(F)F)cc(NC3CCN(CCN)CC3)c1C2. The van der Waals surface area contributed by atoms with Gasteiger partial charge in [-0.15, -0.1) is 0 Å². The van der Waals surface area contributed by atoms with Crippen molar-refractivity contribution < 1.29 is 13.2 Å². The van der Waals surface area contributed by atoms with Crippen LogP contribution in [0.15, 0.2) is 40.1 Å². The van der Waals surface area contributed by atoms with E-state index in [0.29, 0.717) is 24.7 Å². The Hall–Kier alpha value is -1.90. The summed E-state index contributed by atoms with van der Waals surface area (Å²) in [5.41, 5.74) is 9.10. The molecule has 3 aliphatic rings. The normalized spacial score (nSPS) is 21.5. The molecule has 0 bridgehead atoms. The minimum Gasteiger partial charge on any atom is -0.382 e. The van der Waals surface area contributed by atoms with Crippen molar-refractivity contribution in [3.63, 3.8) is 0 Å². The first-order chi connectivity index (χ1) is 16.8. The van der Waals surface area contributed by atoms with Gasteiger partial charge in [-0.3, -0.25) is 0 Å². The van der Waals surface area contributed by atoms with E-state index in [-0.39, 0.29) is 6.04 Å². The zero-order valence-corrected chi connectivity index (χ0v) is 21.2. The number of nitrogens with two attached hydrogens (primary N) is 1. The molecule has 0 aliphatic carbocycles. The Kier molecular flexibility index (Phi) is 7.24. The predicted octanol–water partition coefficient (Wildman–Crippen LogP) is 5.97. The van der Waals surface area contributed by atoms with E-state index in [1.165, 1.54) is 54.4 Å². The second-order valence-corrected chi connectivity index (χ2v) is 11.2. The maximum absolute atomic E-state index is 13.8. The molecule has 1 unspecified atom stereocenters. The van der Waals surface area contributed by atoms with Gasteiger partial charge in [0.05, 0.1) is 5.56 Å². The van der Waals surface area contributed by atoms with Gasteiger partial charge in [0, 0.05) is 72.4 Å². The highest BCUT2D eigenvalue weighted by Gasteiger charge is 2.34. The molecule has 2 aromatic carbocycles. The van der Waals surface area contributed by atoms with Gasteiger partial charge in [-0.05, 0) is 74.4 Å². The van der Waals surface area contributed by atoms with Crippen LogP contribution in [0.5, 0.6) is 0 Å². The van der Waals surface area contributed by atoms with Gasteiger partial charge in [0.25, 0.3) is 0 Å². The van der Waals surface area contributed by atoms with Crippen molar-refractivity contribution >= 4 is 23.1 Å². The Bertz CT molecular complexity index is 1050. The largest absolute Gasteiger partial charge is 0.416 e. The van der Waals surface area contributed by atoms with Gasteiger partial charge in [0.2, 0.25) is 0 Å². The van der Waals surface area contributed by atoms with Crippen molar-refractivity contribution in [1.29, 1.82) is 0 Å². The molecule has 2 fully saturated rings. The van der Waals surface area contributed by atoms with Gasteiger partial charge in [-0.1, -0.05) is 17.8 Å². The summed E-state index contributed by atoms with van der Waals surface area (Å²) in [7, 11) is 0. The van der Waals surface area contributed by atoms with E-state index in [4.69, 9.17) is 5.73 Å². The van der Waals surface area contributed by atoms with Crippen LogP contribution in [0.2, 0.25) is 0 Å². The van der Waals surface area contributed by atoms with E-state index in [9.17, 15) is 13.2 Å². The van der Waals surface area contributed by atoms with Crippen LogP contribution in [0.1, 0.15) is 55.7 Å². The molecule has 2 aromatic rings. The van der Waals surface area contributed by atoms with Crippen molar-refractivity contribution in [2.24, 2.45) is 5.73 Å². The van der Waals surface area contributed by atoms with E-state index in [1.54, 1.807) is 0 Å². The maximum atomic E-state index is 13.8. The quantitative estimate of drug-likeness (QED) is 0.448. The first kappa shape index (κ1) is 24.8. The minimum atomic E-state index is -4.37. The van der Waals surface area contributed by atoms with E-state index in [1.807, 2.05) is 0 Å². The number of likely N-dealkylation sites (tertiary alicyclic amines) is 1. The summed E-state index contributed by atoms with van der Waals surface area (Å²) in [6.07, 6.45) is 1.72. The van der Waals surface area contributed by atoms with Gasteiger partial charge in [-0.2, -0.15) is 13.2 Å². The van der Waals surface area contributed by atoms with Crippen LogP contribution in [0.25, 0.3) is 0 Å². The number of nitrogens with one attached hydrogen (secondary N) is 1. The molecule has 0 radical (unpaired) electrons. The van der Waals surface area contributed by atoms with Crippen molar-refractivity contribution in [3.05, 3.63) is 47.0 Å². The molecule has 0 amide bonds. The first-order valence-corrected chi connectivity index (χ1v) is 13.6. The molecule has 3 aliphatic heterocycles. The number of piperidine rings is 2. The molecule has 3 heterocycles. The summed E-state index contributed by atoms with van der Waals surface area (Å²) in [5, 5.41) is 3.50. The van der Waals surface area contributed by atoms with Gasteiger partial charge in [0.15, 0.2) is 0 Å². The smallest absolute Gasteiger partial charge is 0.382 e.